The molecular weight excluding hydrogens is 648 g/mol. The van der Waals surface area contributed by atoms with Crippen LogP contribution >= 0.6 is 0 Å². The van der Waals surface area contributed by atoms with Crippen molar-refractivity contribution in [3.8, 4) is 0 Å². The minimum Gasteiger partial charge on any atom is -0.462 e. The summed E-state index contributed by atoms with van der Waals surface area (Å²) in [7, 11) is 0. The van der Waals surface area contributed by atoms with Gasteiger partial charge in [0.2, 0.25) is 0 Å². The molecule has 4 saturated carbocycles. The highest BCUT2D eigenvalue weighted by Crippen LogP contribution is 2.76. The van der Waals surface area contributed by atoms with Gasteiger partial charge in [-0.05, 0) is 105 Å². The van der Waals surface area contributed by atoms with Crippen molar-refractivity contribution >= 4 is 17.9 Å². The number of rotatable bonds is 8. The molecule has 5 rings (SSSR count). The van der Waals surface area contributed by atoms with Crippen LogP contribution in [0.15, 0.2) is 48.1 Å². The van der Waals surface area contributed by atoms with Crippen molar-refractivity contribution in [3.63, 3.8) is 0 Å². The largest absolute Gasteiger partial charge is 0.462 e. The second kappa shape index (κ2) is 13.9. The number of carbonyl (C=O) groups is 3. The van der Waals surface area contributed by atoms with E-state index in [4.69, 9.17) is 14.2 Å². The smallest absolute Gasteiger partial charge is 0.330 e. The quantitative estimate of drug-likeness (QED) is 0.113. The Hall–Kier alpha value is -2.75. The molecule has 3 N–H and O–H groups in total. The fraction of sp³-hybridized carbons (Fsp3) is 0.738. The van der Waals surface area contributed by atoms with Gasteiger partial charge in [-0.2, -0.15) is 0 Å². The normalized spacial score (nSPS) is 44.5. The summed E-state index contributed by atoms with van der Waals surface area (Å²) in [6, 6.07) is 0. The lowest BCUT2D eigenvalue weighted by molar-refractivity contribution is -0.264. The van der Waals surface area contributed by atoms with Gasteiger partial charge in [0.05, 0.1) is 30.3 Å². The number of aliphatic hydroxyl groups excluding tert-OH is 3. The molecule has 0 amide bonds. The molecule has 0 heterocycles. The monoisotopic (exact) mass is 710 g/mol. The summed E-state index contributed by atoms with van der Waals surface area (Å²) in [5, 5.41) is 36.0. The first-order chi connectivity index (χ1) is 23.8. The van der Waals surface area contributed by atoms with Crippen molar-refractivity contribution in [2.24, 2.45) is 50.2 Å². The van der Waals surface area contributed by atoms with E-state index < -0.39 is 64.0 Å². The van der Waals surface area contributed by atoms with E-state index in [0.29, 0.717) is 19.3 Å². The standard InChI is InChI=1S/C42H62O9/c1-10-13-32(45)49-24-39(7)28-18-21-40(8)29(38(28,6)20-19-30(39)43)17-16-26-27-22-37(4,5)35(48)36(51-34(47)15-12-3)42(27,25-50-33(46)14-11-2)31(44)23-41(26,40)9/h10-16,27-31,35-36,43-44,48H,17-25H2,1-9H3/b13-10+,14-11+,15-12+/t27?,28?,29?,30-,31+,35-,36-,38-,39+,40+,41+,42-/m0/s1. The molecule has 5 aliphatic rings. The molecule has 0 aliphatic heterocycles. The number of carbonyl (C=O) groups excluding carboxylic acids is 3. The van der Waals surface area contributed by atoms with E-state index in [0.717, 1.165) is 25.7 Å². The molecule has 0 bridgehead atoms. The Labute approximate surface area is 304 Å². The maximum Gasteiger partial charge on any atom is 0.330 e. The van der Waals surface area contributed by atoms with Crippen molar-refractivity contribution in [2.45, 2.75) is 132 Å². The molecule has 284 valence electrons. The summed E-state index contributed by atoms with van der Waals surface area (Å²) in [4.78, 5) is 38.3. The Morgan fingerprint density at radius 2 is 1.35 bits per heavy atom. The van der Waals surface area contributed by atoms with E-state index >= 15 is 0 Å². The Kier molecular flexibility index (Phi) is 10.8. The fourth-order valence-electron chi connectivity index (χ4n) is 12.1. The second-order valence-corrected chi connectivity index (χ2v) is 18.0. The van der Waals surface area contributed by atoms with E-state index in [-0.39, 0.29) is 41.8 Å². The Bertz CT molecular complexity index is 1490. The van der Waals surface area contributed by atoms with Crippen LogP contribution in [0.25, 0.3) is 0 Å². The Morgan fingerprint density at radius 3 is 1.96 bits per heavy atom. The molecule has 5 aliphatic carbocycles. The predicted molar refractivity (Wildman–Crippen MR) is 194 cm³/mol. The van der Waals surface area contributed by atoms with Crippen LogP contribution in [0.4, 0.5) is 0 Å². The molecule has 9 nitrogen and oxygen atoms in total. The van der Waals surface area contributed by atoms with Crippen molar-refractivity contribution in [3.05, 3.63) is 48.1 Å². The SMILES string of the molecule is C/C=C/C(=O)OC[C@@]12C(CC(C)(C)[C@@H](O)[C@@H]1OC(=O)/C=C/C)C1=CCC3[C@@]4(C)CC[C@H](O)[C@](C)(COC(=O)/C=C/C)C4CC[C@@]3(C)[C@]1(C)C[C@H]2O. The first-order valence-electron chi connectivity index (χ1n) is 19.0. The molecule has 0 radical (unpaired) electrons. The van der Waals surface area contributed by atoms with Gasteiger partial charge in [0.15, 0.2) is 0 Å². The third-order valence-electron chi connectivity index (χ3n) is 15.0. The van der Waals surface area contributed by atoms with Gasteiger partial charge in [-0.1, -0.05) is 71.4 Å². The average Bonchev–Trinajstić information content (AvgIpc) is 3.05. The number of hydrogen-bond donors (Lipinski definition) is 3. The molecule has 9 heteroatoms. The van der Waals surface area contributed by atoms with Crippen LogP contribution in [0.2, 0.25) is 0 Å². The van der Waals surface area contributed by atoms with Gasteiger partial charge >= 0.3 is 17.9 Å². The molecule has 0 spiro atoms. The zero-order chi connectivity index (χ0) is 37.8. The zero-order valence-corrected chi connectivity index (χ0v) is 32.2. The maximum atomic E-state index is 13.1. The number of fused-ring (bicyclic) bond motifs is 7. The molecule has 0 aromatic rings. The van der Waals surface area contributed by atoms with Crippen LogP contribution in [-0.2, 0) is 28.6 Å². The topological polar surface area (TPSA) is 140 Å². The van der Waals surface area contributed by atoms with Gasteiger partial charge in [-0.25, -0.2) is 14.4 Å². The van der Waals surface area contributed by atoms with E-state index in [9.17, 15) is 29.7 Å². The lowest BCUT2D eigenvalue weighted by Crippen LogP contribution is -2.72. The number of hydrogen-bond acceptors (Lipinski definition) is 9. The summed E-state index contributed by atoms with van der Waals surface area (Å²) in [6.45, 7) is 18.2. The second-order valence-electron chi connectivity index (χ2n) is 18.0. The number of allylic oxidation sites excluding steroid dienone is 5. The lowest BCUT2D eigenvalue weighted by Gasteiger charge is -2.72. The number of ether oxygens (including phenoxy) is 3. The van der Waals surface area contributed by atoms with E-state index in [1.165, 1.54) is 23.8 Å². The summed E-state index contributed by atoms with van der Waals surface area (Å²) in [5.74, 6) is -1.59. The van der Waals surface area contributed by atoms with Crippen LogP contribution in [0.1, 0.15) is 107 Å². The molecule has 12 atom stereocenters. The van der Waals surface area contributed by atoms with Crippen molar-refractivity contribution in [1.82, 2.24) is 0 Å². The maximum absolute atomic E-state index is 13.1. The summed E-state index contributed by atoms with van der Waals surface area (Å²) < 4.78 is 17.7. The highest BCUT2D eigenvalue weighted by atomic mass is 16.6. The molecule has 0 aromatic heterocycles. The van der Waals surface area contributed by atoms with Crippen molar-refractivity contribution in [2.75, 3.05) is 13.2 Å². The third kappa shape index (κ3) is 6.07. The average molecular weight is 711 g/mol. The van der Waals surface area contributed by atoms with Gasteiger partial charge in [0.1, 0.15) is 12.7 Å². The third-order valence-corrected chi connectivity index (χ3v) is 15.0. The predicted octanol–water partition coefficient (Wildman–Crippen LogP) is 6.41. The summed E-state index contributed by atoms with van der Waals surface area (Å²) in [5.41, 5.74) is -2.28. The first kappa shape index (κ1) is 39.5. The van der Waals surface area contributed by atoms with Crippen LogP contribution in [-0.4, -0.2) is 70.9 Å². The van der Waals surface area contributed by atoms with E-state index in [1.54, 1.807) is 39.0 Å². The highest BCUT2D eigenvalue weighted by Gasteiger charge is 2.73. The molecular formula is C42H62O9. The van der Waals surface area contributed by atoms with Gasteiger partial charge in [0, 0.05) is 23.6 Å². The van der Waals surface area contributed by atoms with Gasteiger partial charge in [-0.3, -0.25) is 0 Å². The van der Waals surface area contributed by atoms with Gasteiger partial charge < -0.3 is 29.5 Å². The van der Waals surface area contributed by atoms with Crippen LogP contribution in [0, 0.1) is 50.2 Å². The van der Waals surface area contributed by atoms with Gasteiger partial charge in [0.25, 0.3) is 0 Å². The minimum absolute atomic E-state index is 0.113. The molecule has 3 unspecified atom stereocenters. The minimum atomic E-state index is -1.27. The Balaban J connectivity index is 1.61. The molecule has 0 aromatic carbocycles. The van der Waals surface area contributed by atoms with Crippen molar-refractivity contribution in [1.29, 1.82) is 0 Å². The van der Waals surface area contributed by atoms with E-state index in [1.807, 2.05) is 13.8 Å². The van der Waals surface area contributed by atoms with Gasteiger partial charge in [-0.15, -0.1) is 0 Å². The summed E-state index contributed by atoms with van der Waals surface area (Å²) >= 11 is 0. The first-order valence-corrected chi connectivity index (χ1v) is 19.0. The lowest BCUT2D eigenvalue weighted by atomic mass is 9.33. The van der Waals surface area contributed by atoms with Crippen LogP contribution in [0.3, 0.4) is 0 Å². The fourth-order valence-corrected chi connectivity index (χ4v) is 12.1. The van der Waals surface area contributed by atoms with Crippen LogP contribution in [0.5, 0.6) is 0 Å². The summed E-state index contributed by atoms with van der Waals surface area (Å²) in [6.07, 6.45) is 12.1. The number of aliphatic hydroxyl groups is 3. The molecule has 4 fully saturated rings. The van der Waals surface area contributed by atoms with Crippen LogP contribution < -0.4 is 0 Å². The zero-order valence-electron chi connectivity index (χ0n) is 32.2. The Morgan fingerprint density at radius 1 is 0.765 bits per heavy atom. The molecule has 51 heavy (non-hydrogen) atoms. The number of esters is 3. The highest BCUT2D eigenvalue weighted by molar-refractivity contribution is 5.83. The molecule has 0 saturated heterocycles. The van der Waals surface area contributed by atoms with E-state index in [2.05, 4.69) is 33.8 Å². The van der Waals surface area contributed by atoms with Crippen molar-refractivity contribution < 1.29 is 43.9 Å².